The molecule has 1 saturated carbocycles. The van der Waals surface area contributed by atoms with E-state index in [1.807, 2.05) is 30.5 Å². The fourth-order valence-corrected chi connectivity index (χ4v) is 4.86. The molecular weight excluding hydrogens is 396 g/mol. The van der Waals surface area contributed by atoms with E-state index in [1.165, 1.54) is 12.1 Å². The second kappa shape index (κ2) is 9.45. The van der Waals surface area contributed by atoms with Gasteiger partial charge in [0.2, 0.25) is 10.0 Å². The zero-order valence-corrected chi connectivity index (χ0v) is 17.3. The Morgan fingerprint density at radius 3 is 2.54 bits per heavy atom. The van der Waals surface area contributed by atoms with Gasteiger partial charge in [0, 0.05) is 16.6 Å². The highest BCUT2D eigenvalue weighted by Crippen LogP contribution is 2.22. The number of carbonyl (C=O) groups is 1. The molecular formula is C20H24N2O4S2. The standard InChI is InChI=1S/C20H24N2O4S2/c1-27-18-8-4-7-16(13-18)21-20(23)14-26-17-9-11-19(12-10-17)28(24,25)22-15-5-2-3-6-15/h4,7-13,15,22H,2-3,5-6,14H2,1H3,(H,21,23). The van der Waals surface area contributed by atoms with Crippen LogP contribution in [0.25, 0.3) is 0 Å². The lowest BCUT2D eigenvalue weighted by Crippen LogP contribution is -2.32. The first-order valence-corrected chi connectivity index (χ1v) is 11.9. The van der Waals surface area contributed by atoms with Gasteiger partial charge in [-0.15, -0.1) is 11.8 Å². The Labute approximate surface area is 170 Å². The molecule has 0 aromatic heterocycles. The molecule has 2 aromatic carbocycles. The smallest absolute Gasteiger partial charge is 0.262 e. The van der Waals surface area contributed by atoms with Crippen molar-refractivity contribution in [2.75, 3.05) is 18.2 Å². The van der Waals surface area contributed by atoms with Gasteiger partial charge in [-0.05, 0) is 61.6 Å². The van der Waals surface area contributed by atoms with Crippen molar-refractivity contribution in [1.82, 2.24) is 4.72 Å². The first-order chi connectivity index (χ1) is 13.5. The average molecular weight is 421 g/mol. The van der Waals surface area contributed by atoms with Crippen LogP contribution in [0.5, 0.6) is 5.75 Å². The topological polar surface area (TPSA) is 84.5 Å². The lowest BCUT2D eigenvalue weighted by atomic mass is 10.3. The molecule has 150 valence electrons. The third kappa shape index (κ3) is 5.73. The number of carbonyl (C=O) groups excluding carboxylic acids is 1. The minimum absolute atomic E-state index is 0.0224. The number of sulfonamides is 1. The van der Waals surface area contributed by atoms with E-state index in [-0.39, 0.29) is 23.5 Å². The van der Waals surface area contributed by atoms with E-state index in [4.69, 9.17) is 4.74 Å². The number of thioether (sulfide) groups is 1. The van der Waals surface area contributed by atoms with Crippen molar-refractivity contribution in [3.63, 3.8) is 0 Å². The zero-order chi connectivity index (χ0) is 20.0. The summed E-state index contributed by atoms with van der Waals surface area (Å²) < 4.78 is 33.0. The van der Waals surface area contributed by atoms with Crippen LogP contribution in [-0.4, -0.2) is 33.2 Å². The van der Waals surface area contributed by atoms with Crippen molar-refractivity contribution in [3.8, 4) is 5.75 Å². The van der Waals surface area contributed by atoms with E-state index in [1.54, 1.807) is 23.9 Å². The van der Waals surface area contributed by atoms with Gasteiger partial charge in [0.05, 0.1) is 4.90 Å². The highest BCUT2D eigenvalue weighted by Gasteiger charge is 2.22. The summed E-state index contributed by atoms with van der Waals surface area (Å²) in [7, 11) is -3.53. The van der Waals surface area contributed by atoms with Crippen LogP contribution >= 0.6 is 11.8 Å². The maximum Gasteiger partial charge on any atom is 0.262 e. The number of benzene rings is 2. The molecule has 6 nitrogen and oxygen atoms in total. The SMILES string of the molecule is CSc1cccc(NC(=O)COc2ccc(S(=O)(=O)NC3CCCC3)cc2)c1. The van der Waals surface area contributed by atoms with Gasteiger partial charge < -0.3 is 10.1 Å². The summed E-state index contributed by atoms with van der Waals surface area (Å²) in [5.41, 5.74) is 0.708. The fourth-order valence-electron chi connectivity index (χ4n) is 3.09. The van der Waals surface area contributed by atoms with Crippen LogP contribution in [0.4, 0.5) is 5.69 Å². The van der Waals surface area contributed by atoms with Crippen LogP contribution in [0.2, 0.25) is 0 Å². The molecule has 1 amide bonds. The molecule has 28 heavy (non-hydrogen) atoms. The first-order valence-electron chi connectivity index (χ1n) is 9.15. The van der Waals surface area contributed by atoms with E-state index in [9.17, 15) is 13.2 Å². The van der Waals surface area contributed by atoms with E-state index in [2.05, 4.69) is 10.0 Å². The van der Waals surface area contributed by atoms with Gasteiger partial charge in [0.15, 0.2) is 6.61 Å². The van der Waals surface area contributed by atoms with Crippen molar-refractivity contribution >= 4 is 33.4 Å². The molecule has 0 radical (unpaired) electrons. The molecule has 2 aromatic rings. The van der Waals surface area contributed by atoms with Crippen LogP contribution in [0.3, 0.4) is 0 Å². The van der Waals surface area contributed by atoms with Crippen molar-refractivity contribution in [3.05, 3.63) is 48.5 Å². The molecule has 0 spiro atoms. The second-order valence-corrected chi connectivity index (χ2v) is 9.24. The third-order valence-electron chi connectivity index (χ3n) is 4.53. The summed E-state index contributed by atoms with van der Waals surface area (Å²) in [6.45, 7) is -0.157. The van der Waals surface area contributed by atoms with Gasteiger partial charge in [0.1, 0.15) is 5.75 Å². The Morgan fingerprint density at radius 2 is 1.86 bits per heavy atom. The highest BCUT2D eigenvalue weighted by atomic mass is 32.2. The maximum atomic E-state index is 12.4. The van der Waals surface area contributed by atoms with Crippen LogP contribution in [-0.2, 0) is 14.8 Å². The van der Waals surface area contributed by atoms with Gasteiger partial charge in [-0.25, -0.2) is 13.1 Å². The Morgan fingerprint density at radius 1 is 1.14 bits per heavy atom. The van der Waals surface area contributed by atoms with Gasteiger partial charge in [0.25, 0.3) is 5.91 Å². The second-order valence-electron chi connectivity index (χ2n) is 6.64. The molecule has 3 rings (SSSR count). The minimum atomic E-state index is -3.53. The van der Waals surface area contributed by atoms with Crippen molar-refractivity contribution in [1.29, 1.82) is 0 Å². The maximum absolute atomic E-state index is 12.4. The van der Waals surface area contributed by atoms with Gasteiger partial charge >= 0.3 is 0 Å². The van der Waals surface area contributed by atoms with E-state index >= 15 is 0 Å². The van der Waals surface area contributed by atoms with Crippen LogP contribution < -0.4 is 14.8 Å². The van der Waals surface area contributed by atoms with E-state index < -0.39 is 10.0 Å². The first kappa shape index (κ1) is 20.7. The predicted molar refractivity (Wildman–Crippen MR) is 111 cm³/mol. The summed E-state index contributed by atoms with van der Waals surface area (Å²) in [6.07, 6.45) is 5.86. The number of hydrogen-bond donors (Lipinski definition) is 2. The molecule has 0 unspecified atom stereocenters. The molecule has 1 aliphatic carbocycles. The Hall–Kier alpha value is -2.03. The predicted octanol–water partition coefficient (Wildman–Crippen LogP) is 3.65. The van der Waals surface area contributed by atoms with Crippen LogP contribution in [0.1, 0.15) is 25.7 Å². The molecule has 1 fully saturated rings. The van der Waals surface area contributed by atoms with Crippen molar-refractivity contribution < 1.29 is 17.9 Å². The summed E-state index contributed by atoms with van der Waals surface area (Å²) >= 11 is 1.60. The molecule has 0 saturated heterocycles. The number of anilines is 1. The lowest BCUT2D eigenvalue weighted by molar-refractivity contribution is -0.118. The lowest BCUT2D eigenvalue weighted by Gasteiger charge is -2.13. The van der Waals surface area contributed by atoms with Crippen LogP contribution in [0.15, 0.2) is 58.3 Å². The number of ether oxygens (including phenoxy) is 1. The summed E-state index contributed by atoms with van der Waals surface area (Å²) in [5, 5.41) is 2.78. The number of hydrogen-bond acceptors (Lipinski definition) is 5. The van der Waals surface area contributed by atoms with Crippen molar-refractivity contribution in [2.45, 2.75) is 41.5 Å². The fraction of sp³-hybridized carbons (Fsp3) is 0.350. The molecule has 0 heterocycles. The Kier molecular flexibility index (Phi) is 6.98. The van der Waals surface area contributed by atoms with E-state index in [0.717, 1.165) is 30.6 Å². The summed E-state index contributed by atoms with van der Waals surface area (Å²) in [6, 6.07) is 13.7. The highest BCUT2D eigenvalue weighted by molar-refractivity contribution is 7.98. The summed E-state index contributed by atoms with van der Waals surface area (Å²) in [5.74, 6) is 0.158. The molecule has 1 aliphatic rings. The van der Waals surface area contributed by atoms with E-state index in [0.29, 0.717) is 11.4 Å². The number of amides is 1. The molecule has 0 atom stereocenters. The normalized spacial score (nSPS) is 14.8. The Bertz CT molecular complexity index is 908. The average Bonchev–Trinajstić information content (AvgIpc) is 3.19. The molecule has 8 heteroatoms. The minimum Gasteiger partial charge on any atom is -0.484 e. The van der Waals surface area contributed by atoms with Crippen molar-refractivity contribution in [2.24, 2.45) is 0 Å². The number of rotatable bonds is 8. The zero-order valence-electron chi connectivity index (χ0n) is 15.7. The van der Waals surface area contributed by atoms with Crippen LogP contribution in [0, 0.1) is 0 Å². The quantitative estimate of drug-likeness (QED) is 0.637. The molecule has 2 N–H and O–H groups in total. The van der Waals surface area contributed by atoms with Gasteiger partial charge in [-0.1, -0.05) is 18.9 Å². The van der Waals surface area contributed by atoms with Gasteiger partial charge in [-0.2, -0.15) is 0 Å². The largest absolute Gasteiger partial charge is 0.484 e. The molecule has 0 aliphatic heterocycles. The monoisotopic (exact) mass is 420 g/mol. The van der Waals surface area contributed by atoms with Gasteiger partial charge in [-0.3, -0.25) is 4.79 Å². The summed E-state index contributed by atoms with van der Waals surface area (Å²) in [4.78, 5) is 13.3. The molecule has 0 bridgehead atoms. The Balaban J connectivity index is 1.53. The third-order valence-corrected chi connectivity index (χ3v) is 6.80. The number of nitrogens with one attached hydrogen (secondary N) is 2.